The molecule has 0 bridgehead atoms. The average molecular weight is 393 g/mol. The summed E-state index contributed by atoms with van der Waals surface area (Å²) in [6.45, 7) is -0.471. The zero-order valence-corrected chi connectivity index (χ0v) is 15.4. The maximum Gasteiger partial charge on any atom is 0.323 e. The Morgan fingerprint density at radius 3 is 2.73 bits per heavy atom. The lowest BCUT2D eigenvalue weighted by atomic mass is 10.2. The summed E-state index contributed by atoms with van der Waals surface area (Å²) in [5, 5.41) is 8.86. The van der Waals surface area contributed by atoms with Crippen LogP contribution in [0.3, 0.4) is 0 Å². The molecule has 0 spiro atoms. The summed E-state index contributed by atoms with van der Waals surface area (Å²) in [6, 6.07) is 4.92. The van der Waals surface area contributed by atoms with Crippen molar-refractivity contribution in [2.24, 2.45) is 5.92 Å². The molecule has 0 unspecified atom stereocenters. The summed E-state index contributed by atoms with van der Waals surface area (Å²) in [4.78, 5) is 36.3. The third-order valence-electron chi connectivity index (χ3n) is 3.77. The minimum absolute atomic E-state index is 0.0322. The summed E-state index contributed by atoms with van der Waals surface area (Å²) in [5.74, 6) is -1.20. The number of amides is 1. The topological polar surface area (TPSA) is 93.1 Å². The van der Waals surface area contributed by atoms with Gasteiger partial charge >= 0.3 is 11.9 Å². The molecule has 7 nitrogen and oxygen atoms in total. The van der Waals surface area contributed by atoms with Crippen LogP contribution in [0.25, 0.3) is 6.08 Å². The predicted octanol–water partition coefficient (Wildman–Crippen LogP) is 2.30. The van der Waals surface area contributed by atoms with Crippen LogP contribution in [0.15, 0.2) is 23.1 Å². The minimum Gasteiger partial charge on any atom is -0.493 e. The number of carbonyl (C=O) groups excluding carboxylic acids is 2. The van der Waals surface area contributed by atoms with E-state index in [1.54, 1.807) is 24.3 Å². The van der Waals surface area contributed by atoms with Gasteiger partial charge in [-0.1, -0.05) is 30.0 Å². The Morgan fingerprint density at radius 2 is 2.12 bits per heavy atom. The number of methoxy groups -OCH3 is 1. The van der Waals surface area contributed by atoms with E-state index >= 15 is 0 Å². The zero-order valence-electron chi connectivity index (χ0n) is 13.8. The quantitative estimate of drug-likeness (QED) is 0.341. The van der Waals surface area contributed by atoms with Gasteiger partial charge in [-0.15, -0.1) is 0 Å². The summed E-state index contributed by atoms with van der Waals surface area (Å²) >= 11 is 6.10. The lowest BCUT2D eigenvalue weighted by Crippen LogP contribution is -2.33. The van der Waals surface area contributed by atoms with E-state index in [-0.39, 0.29) is 16.2 Å². The van der Waals surface area contributed by atoms with Gasteiger partial charge in [-0.05, 0) is 36.6 Å². The lowest BCUT2D eigenvalue weighted by molar-refractivity contribution is -0.140. The van der Waals surface area contributed by atoms with Crippen LogP contribution in [0.5, 0.6) is 11.5 Å². The van der Waals surface area contributed by atoms with E-state index in [2.05, 4.69) is 0 Å². The molecule has 1 saturated heterocycles. The van der Waals surface area contributed by atoms with Crippen molar-refractivity contribution in [3.63, 3.8) is 0 Å². The molecule has 1 aromatic rings. The molecule has 1 heterocycles. The summed E-state index contributed by atoms with van der Waals surface area (Å²) in [7, 11) is 1.46. The first-order valence-electron chi connectivity index (χ1n) is 7.76. The highest BCUT2D eigenvalue weighted by Gasteiger charge is 2.34. The smallest absolute Gasteiger partial charge is 0.323 e. The van der Waals surface area contributed by atoms with Crippen molar-refractivity contribution in [1.29, 1.82) is 0 Å². The number of ether oxygens (including phenoxy) is 2. The number of nitrogens with zero attached hydrogens (tertiary/aromatic N) is 1. The first-order chi connectivity index (χ1) is 12.4. The molecule has 1 aromatic carbocycles. The molecule has 1 amide bonds. The summed E-state index contributed by atoms with van der Waals surface area (Å²) < 4.78 is 10.8. The second-order valence-corrected chi connectivity index (χ2v) is 7.44. The Kier molecular flexibility index (Phi) is 5.28. The number of carboxylic acid groups (broad SMARTS) is 1. The van der Waals surface area contributed by atoms with Crippen LogP contribution in [0.1, 0.15) is 18.4 Å². The average Bonchev–Trinajstić information content (AvgIpc) is 3.41. The number of carboxylic acids is 1. The number of hydrogen-bond acceptors (Lipinski definition) is 7. The molecule has 0 atom stereocenters. The molecule has 26 heavy (non-hydrogen) atoms. The molecule has 2 aliphatic rings. The predicted molar refractivity (Wildman–Crippen MR) is 98.9 cm³/mol. The van der Waals surface area contributed by atoms with Crippen molar-refractivity contribution < 1.29 is 29.0 Å². The standard InChI is InChI=1S/C17H15NO6S2/c1-23-12-6-9(2-5-11(12)24-16(22)10-3-4-10)7-13-15(21)18(8-14(19)20)17(25)26-13/h2,5-7,10H,3-4,8H2,1H3,(H,19,20)/b13-7-. The Morgan fingerprint density at radius 1 is 1.38 bits per heavy atom. The first-order valence-corrected chi connectivity index (χ1v) is 8.98. The largest absolute Gasteiger partial charge is 0.493 e. The van der Waals surface area contributed by atoms with Gasteiger partial charge in [0.2, 0.25) is 0 Å². The second-order valence-electron chi connectivity index (χ2n) is 5.77. The third kappa shape index (κ3) is 4.05. The highest BCUT2D eigenvalue weighted by molar-refractivity contribution is 8.26. The second kappa shape index (κ2) is 7.46. The Hall–Kier alpha value is -2.39. The number of benzene rings is 1. The van der Waals surface area contributed by atoms with E-state index in [0.29, 0.717) is 22.0 Å². The molecule has 2 fully saturated rings. The van der Waals surface area contributed by atoms with Gasteiger partial charge in [0.1, 0.15) is 10.9 Å². The zero-order chi connectivity index (χ0) is 18.8. The highest BCUT2D eigenvalue weighted by Crippen LogP contribution is 2.36. The van der Waals surface area contributed by atoms with Crippen LogP contribution in [0.4, 0.5) is 0 Å². The first kappa shape index (κ1) is 18.4. The van der Waals surface area contributed by atoms with Gasteiger partial charge in [0.15, 0.2) is 11.5 Å². The molecular weight excluding hydrogens is 378 g/mol. The number of thiocarbonyl (C=S) groups is 1. The molecule has 3 rings (SSSR count). The number of carbonyl (C=O) groups is 3. The number of aliphatic carboxylic acids is 1. The fourth-order valence-corrected chi connectivity index (χ4v) is 3.55. The van der Waals surface area contributed by atoms with Crippen LogP contribution in [0.2, 0.25) is 0 Å². The van der Waals surface area contributed by atoms with E-state index in [9.17, 15) is 14.4 Å². The summed E-state index contributed by atoms with van der Waals surface area (Å²) in [6.07, 6.45) is 3.28. The van der Waals surface area contributed by atoms with Crippen LogP contribution in [-0.4, -0.2) is 45.8 Å². The van der Waals surface area contributed by atoms with Crippen LogP contribution < -0.4 is 9.47 Å². The van der Waals surface area contributed by atoms with Crippen molar-refractivity contribution >= 4 is 52.2 Å². The minimum atomic E-state index is -1.13. The van der Waals surface area contributed by atoms with E-state index in [4.69, 9.17) is 26.8 Å². The van der Waals surface area contributed by atoms with Gasteiger partial charge in [0, 0.05) is 0 Å². The number of rotatable bonds is 6. The molecule has 1 aliphatic carbocycles. The number of hydrogen-bond donors (Lipinski definition) is 1. The fraction of sp³-hybridized carbons (Fsp3) is 0.294. The maximum absolute atomic E-state index is 12.3. The van der Waals surface area contributed by atoms with E-state index in [0.717, 1.165) is 29.5 Å². The molecule has 136 valence electrons. The van der Waals surface area contributed by atoms with Crippen molar-refractivity contribution in [3.8, 4) is 11.5 Å². The van der Waals surface area contributed by atoms with Gasteiger partial charge in [-0.3, -0.25) is 19.3 Å². The highest BCUT2D eigenvalue weighted by atomic mass is 32.2. The molecule has 1 N–H and O–H groups in total. The Labute approximate surface area is 158 Å². The normalized spacial score (nSPS) is 18.3. The van der Waals surface area contributed by atoms with E-state index in [1.807, 2.05) is 0 Å². The van der Waals surface area contributed by atoms with E-state index in [1.165, 1.54) is 7.11 Å². The van der Waals surface area contributed by atoms with Gasteiger partial charge < -0.3 is 14.6 Å². The SMILES string of the molecule is COc1cc(/C=C2\SC(=S)N(CC(=O)O)C2=O)ccc1OC(=O)C1CC1. The molecule has 0 radical (unpaired) electrons. The number of esters is 1. The summed E-state index contributed by atoms with van der Waals surface area (Å²) in [5.41, 5.74) is 0.642. The molecule has 1 saturated carbocycles. The molecular formula is C17H15NO6S2. The van der Waals surface area contributed by atoms with Gasteiger partial charge in [0.25, 0.3) is 5.91 Å². The molecule has 1 aliphatic heterocycles. The lowest BCUT2D eigenvalue weighted by Gasteiger charge is -2.10. The van der Waals surface area contributed by atoms with Crippen molar-refractivity contribution in [1.82, 2.24) is 4.90 Å². The monoisotopic (exact) mass is 393 g/mol. The van der Waals surface area contributed by atoms with Crippen molar-refractivity contribution in [2.45, 2.75) is 12.8 Å². The van der Waals surface area contributed by atoms with Crippen molar-refractivity contribution in [3.05, 3.63) is 28.7 Å². The van der Waals surface area contributed by atoms with Crippen molar-refractivity contribution in [2.75, 3.05) is 13.7 Å². The fourth-order valence-electron chi connectivity index (χ4n) is 2.29. The Bertz CT molecular complexity index is 831. The van der Waals surface area contributed by atoms with E-state index < -0.39 is 18.4 Å². The third-order valence-corrected chi connectivity index (χ3v) is 5.15. The molecule has 9 heteroatoms. The van der Waals surface area contributed by atoms with Gasteiger partial charge in [-0.2, -0.15) is 0 Å². The molecule has 0 aromatic heterocycles. The van der Waals surface area contributed by atoms with Gasteiger partial charge in [0.05, 0.1) is 17.9 Å². The number of thioether (sulfide) groups is 1. The van der Waals surface area contributed by atoms with Crippen LogP contribution in [0, 0.1) is 5.92 Å². The van der Waals surface area contributed by atoms with Crippen LogP contribution in [-0.2, 0) is 14.4 Å². The maximum atomic E-state index is 12.3. The van der Waals surface area contributed by atoms with Crippen LogP contribution >= 0.6 is 24.0 Å². The Balaban J connectivity index is 1.80. The van der Waals surface area contributed by atoms with Gasteiger partial charge in [-0.25, -0.2) is 0 Å².